The molecular formula is C32H35N5O2. The SMILES string of the molecule is CC(=O)N1CCC(COc2ccncc2/C(C=N)=C/Nc2cc(-c3cccc(C(C)(C)C#N)c3)ccc2C)C1. The van der Waals surface area contributed by atoms with Crippen LogP contribution < -0.4 is 10.1 Å². The predicted molar refractivity (Wildman–Crippen MR) is 156 cm³/mol. The number of anilines is 1. The summed E-state index contributed by atoms with van der Waals surface area (Å²) in [4.78, 5) is 17.8. The van der Waals surface area contributed by atoms with E-state index >= 15 is 0 Å². The highest BCUT2D eigenvalue weighted by Gasteiger charge is 2.25. The number of carbonyl (C=O) groups excluding carboxylic acids is 1. The summed E-state index contributed by atoms with van der Waals surface area (Å²) in [6.45, 7) is 9.44. The number of allylic oxidation sites excluding steroid dienone is 1. The number of pyridine rings is 1. The third kappa shape index (κ3) is 6.53. The van der Waals surface area contributed by atoms with Crippen LogP contribution in [0.4, 0.5) is 5.69 Å². The number of aryl methyl sites for hydroxylation is 1. The summed E-state index contributed by atoms with van der Waals surface area (Å²) >= 11 is 0. The molecule has 2 heterocycles. The molecule has 1 fully saturated rings. The molecule has 1 aliphatic heterocycles. The largest absolute Gasteiger partial charge is 0.492 e. The highest BCUT2D eigenvalue weighted by molar-refractivity contribution is 6.09. The van der Waals surface area contributed by atoms with Crippen LogP contribution in [0, 0.1) is 29.6 Å². The molecule has 1 atom stereocenters. The summed E-state index contributed by atoms with van der Waals surface area (Å²) in [5.74, 6) is 1.04. The van der Waals surface area contributed by atoms with Crippen molar-refractivity contribution in [2.75, 3.05) is 25.0 Å². The molecule has 0 saturated carbocycles. The van der Waals surface area contributed by atoms with Gasteiger partial charge in [0.05, 0.1) is 18.1 Å². The van der Waals surface area contributed by atoms with Gasteiger partial charge in [-0.2, -0.15) is 5.26 Å². The van der Waals surface area contributed by atoms with Crippen molar-refractivity contribution in [3.05, 3.63) is 83.8 Å². The van der Waals surface area contributed by atoms with Gasteiger partial charge in [-0.05, 0) is 67.6 Å². The number of likely N-dealkylation sites (tertiary alicyclic amines) is 1. The van der Waals surface area contributed by atoms with Gasteiger partial charge in [-0.1, -0.05) is 30.3 Å². The Bertz CT molecular complexity index is 1440. The molecule has 0 aliphatic carbocycles. The van der Waals surface area contributed by atoms with Gasteiger partial charge in [0.15, 0.2) is 0 Å². The van der Waals surface area contributed by atoms with E-state index in [4.69, 9.17) is 10.1 Å². The zero-order valence-corrected chi connectivity index (χ0v) is 23.0. The third-order valence-corrected chi connectivity index (χ3v) is 7.27. The first-order valence-corrected chi connectivity index (χ1v) is 13.1. The number of aromatic nitrogens is 1. The molecule has 7 heteroatoms. The fourth-order valence-corrected chi connectivity index (χ4v) is 4.65. The summed E-state index contributed by atoms with van der Waals surface area (Å²) in [5.41, 5.74) is 5.80. The summed E-state index contributed by atoms with van der Waals surface area (Å²) < 4.78 is 6.16. The Morgan fingerprint density at radius 3 is 2.77 bits per heavy atom. The van der Waals surface area contributed by atoms with Crippen LogP contribution in [0.3, 0.4) is 0 Å². The summed E-state index contributed by atoms with van der Waals surface area (Å²) in [5, 5.41) is 21.0. The second kappa shape index (κ2) is 12.0. The van der Waals surface area contributed by atoms with Crippen LogP contribution in [-0.4, -0.2) is 41.7 Å². The van der Waals surface area contributed by atoms with Gasteiger partial charge < -0.3 is 20.4 Å². The average Bonchev–Trinajstić information content (AvgIpc) is 3.43. The monoisotopic (exact) mass is 521 g/mol. The number of nitriles is 1. The standard InChI is InChI=1S/C32H35N5O2/c1-22-8-9-26(25-6-5-7-28(14-25)32(3,4)21-34)15-30(22)36-17-27(16-33)29-18-35-12-10-31(29)39-20-24-11-13-37(19-24)23(2)38/h5-10,12,14-18,24,33,36H,11,13,19-20H2,1-4H3/b27-17+,33-16?. The zero-order valence-electron chi connectivity index (χ0n) is 23.0. The third-order valence-electron chi connectivity index (χ3n) is 7.27. The minimum atomic E-state index is -0.572. The van der Waals surface area contributed by atoms with Crippen molar-refractivity contribution in [3.8, 4) is 22.9 Å². The Kier molecular flexibility index (Phi) is 8.46. The first kappa shape index (κ1) is 27.6. The van der Waals surface area contributed by atoms with E-state index < -0.39 is 5.41 Å². The van der Waals surface area contributed by atoms with Crippen LogP contribution in [0.15, 0.2) is 67.1 Å². The van der Waals surface area contributed by atoms with Crippen LogP contribution in [0.25, 0.3) is 16.7 Å². The fraction of sp³-hybridized carbons (Fsp3) is 0.312. The van der Waals surface area contributed by atoms with Crippen molar-refractivity contribution < 1.29 is 9.53 Å². The normalized spacial score (nSPS) is 15.5. The van der Waals surface area contributed by atoms with Crippen LogP contribution in [-0.2, 0) is 10.2 Å². The topological polar surface area (TPSA) is 102 Å². The number of benzene rings is 2. The quantitative estimate of drug-likeness (QED) is 0.326. The van der Waals surface area contributed by atoms with Crippen molar-refractivity contribution in [2.45, 2.75) is 39.5 Å². The summed E-state index contributed by atoms with van der Waals surface area (Å²) in [7, 11) is 0. The van der Waals surface area contributed by atoms with E-state index in [9.17, 15) is 10.1 Å². The number of amides is 1. The maximum atomic E-state index is 11.7. The number of hydrogen-bond acceptors (Lipinski definition) is 6. The van der Waals surface area contributed by atoms with Crippen molar-refractivity contribution in [3.63, 3.8) is 0 Å². The first-order chi connectivity index (χ1) is 18.7. The van der Waals surface area contributed by atoms with Crippen LogP contribution in [0.2, 0.25) is 0 Å². The Morgan fingerprint density at radius 2 is 2.05 bits per heavy atom. The first-order valence-electron chi connectivity index (χ1n) is 13.1. The molecule has 1 unspecified atom stereocenters. The lowest BCUT2D eigenvalue weighted by atomic mass is 9.85. The van der Waals surface area contributed by atoms with Gasteiger partial charge >= 0.3 is 0 Å². The summed E-state index contributed by atoms with van der Waals surface area (Å²) in [6, 6.07) is 18.5. The summed E-state index contributed by atoms with van der Waals surface area (Å²) in [6.07, 6.45) is 7.39. The lowest BCUT2D eigenvalue weighted by Gasteiger charge is -2.17. The van der Waals surface area contributed by atoms with E-state index in [1.165, 1.54) is 6.21 Å². The molecule has 0 spiro atoms. The Balaban J connectivity index is 1.54. The van der Waals surface area contributed by atoms with Gasteiger partial charge in [0.2, 0.25) is 5.91 Å². The Morgan fingerprint density at radius 1 is 1.26 bits per heavy atom. The minimum Gasteiger partial charge on any atom is -0.492 e. The van der Waals surface area contributed by atoms with Crippen LogP contribution in [0.1, 0.15) is 43.9 Å². The van der Waals surface area contributed by atoms with Gasteiger partial charge in [0.1, 0.15) is 5.75 Å². The molecule has 1 aliphatic rings. The molecule has 39 heavy (non-hydrogen) atoms. The lowest BCUT2D eigenvalue weighted by molar-refractivity contribution is -0.127. The zero-order chi connectivity index (χ0) is 28.0. The number of nitrogens with zero attached hydrogens (tertiary/aromatic N) is 3. The van der Waals surface area contributed by atoms with Gasteiger partial charge in [0, 0.05) is 67.6 Å². The molecule has 2 N–H and O–H groups in total. The minimum absolute atomic E-state index is 0.0975. The van der Waals surface area contributed by atoms with Crippen molar-refractivity contribution in [2.24, 2.45) is 5.92 Å². The van der Waals surface area contributed by atoms with E-state index in [1.807, 2.05) is 49.9 Å². The smallest absolute Gasteiger partial charge is 0.219 e. The van der Waals surface area contributed by atoms with E-state index in [2.05, 4.69) is 40.6 Å². The van der Waals surface area contributed by atoms with Gasteiger partial charge in [-0.25, -0.2) is 0 Å². The second-order valence-corrected chi connectivity index (χ2v) is 10.5. The molecule has 4 rings (SSSR count). The van der Waals surface area contributed by atoms with Gasteiger partial charge in [-0.3, -0.25) is 9.78 Å². The van der Waals surface area contributed by atoms with Crippen molar-refractivity contribution >= 4 is 23.4 Å². The van der Waals surface area contributed by atoms with Crippen molar-refractivity contribution in [1.29, 1.82) is 10.7 Å². The number of hydrogen-bond donors (Lipinski definition) is 2. The molecular weight excluding hydrogens is 486 g/mol. The van der Waals surface area contributed by atoms with Gasteiger partial charge in [-0.15, -0.1) is 0 Å². The highest BCUT2D eigenvalue weighted by atomic mass is 16.5. The molecule has 0 bridgehead atoms. The maximum absolute atomic E-state index is 11.7. The van der Waals surface area contributed by atoms with E-state index in [0.717, 1.165) is 46.5 Å². The van der Waals surface area contributed by atoms with E-state index in [1.54, 1.807) is 25.5 Å². The molecule has 0 radical (unpaired) electrons. The molecule has 1 aromatic heterocycles. The van der Waals surface area contributed by atoms with Gasteiger partial charge in [0.25, 0.3) is 0 Å². The number of ether oxygens (including phenoxy) is 1. The van der Waals surface area contributed by atoms with E-state index in [0.29, 0.717) is 24.5 Å². The molecule has 200 valence electrons. The molecule has 1 saturated heterocycles. The Hall–Kier alpha value is -4.44. The number of rotatable bonds is 9. The predicted octanol–water partition coefficient (Wildman–Crippen LogP) is 6.21. The molecule has 2 aromatic carbocycles. The van der Waals surface area contributed by atoms with Crippen molar-refractivity contribution in [1.82, 2.24) is 9.88 Å². The number of nitrogens with one attached hydrogen (secondary N) is 2. The average molecular weight is 522 g/mol. The molecule has 1 amide bonds. The molecule has 7 nitrogen and oxygen atoms in total. The van der Waals surface area contributed by atoms with E-state index in [-0.39, 0.29) is 11.8 Å². The van der Waals surface area contributed by atoms with Crippen LogP contribution in [0.5, 0.6) is 5.75 Å². The maximum Gasteiger partial charge on any atom is 0.219 e. The second-order valence-electron chi connectivity index (χ2n) is 10.5. The Labute approximate surface area is 230 Å². The fourth-order valence-electron chi connectivity index (χ4n) is 4.65. The highest BCUT2D eigenvalue weighted by Crippen LogP contribution is 2.31. The number of carbonyl (C=O) groups is 1. The van der Waals surface area contributed by atoms with Crippen LogP contribution >= 0.6 is 0 Å². The lowest BCUT2D eigenvalue weighted by Crippen LogP contribution is -2.27. The molecule has 3 aromatic rings.